The summed E-state index contributed by atoms with van der Waals surface area (Å²) in [6.45, 7) is 0.290. The van der Waals surface area contributed by atoms with Gasteiger partial charge in [-0.3, -0.25) is 4.79 Å². The molecule has 2 atom stereocenters. The van der Waals surface area contributed by atoms with Gasteiger partial charge in [0.05, 0.1) is 34.7 Å². The van der Waals surface area contributed by atoms with E-state index in [2.05, 4.69) is 15.3 Å². The van der Waals surface area contributed by atoms with E-state index >= 15 is 0 Å². The minimum atomic E-state index is -3.31. The zero-order valence-corrected chi connectivity index (χ0v) is 18.3. The van der Waals surface area contributed by atoms with E-state index in [0.717, 1.165) is 11.8 Å². The molecule has 1 fully saturated rings. The minimum absolute atomic E-state index is 0.125. The average Bonchev–Trinajstić information content (AvgIpc) is 3.31. The highest BCUT2D eigenvalue weighted by Crippen LogP contribution is 2.39. The van der Waals surface area contributed by atoms with Crippen LogP contribution in [0.3, 0.4) is 0 Å². The lowest BCUT2D eigenvalue weighted by molar-refractivity contribution is 0.0438. The van der Waals surface area contributed by atoms with Gasteiger partial charge in [0.25, 0.3) is 5.91 Å². The first kappa shape index (κ1) is 22.3. The first-order valence-electron chi connectivity index (χ1n) is 10.2. The van der Waals surface area contributed by atoms with Crippen LogP contribution in [0.1, 0.15) is 23.5 Å². The number of rotatable bonds is 7. The highest BCUT2D eigenvalue weighted by Gasteiger charge is 2.45. The van der Waals surface area contributed by atoms with E-state index in [1.165, 1.54) is 12.1 Å². The molecule has 1 saturated carbocycles. The van der Waals surface area contributed by atoms with Crippen LogP contribution >= 0.6 is 0 Å². The van der Waals surface area contributed by atoms with E-state index in [-0.39, 0.29) is 36.7 Å². The summed E-state index contributed by atoms with van der Waals surface area (Å²) in [5.74, 6) is 0.239. The summed E-state index contributed by atoms with van der Waals surface area (Å²) in [7, 11) is -3.31. The summed E-state index contributed by atoms with van der Waals surface area (Å²) in [4.78, 5) is 20.1. The Kier molecular flexibility index (Phi) is 5.93. The highest BCUT2D eigenvalue weighted by molar-refractivity contribution is 7.90. The van der Waals surface area contributed by atoms with E-state index in [9.17, 15) is 23.4 Å². The van der Waals surface area contributed by atoms with Gasteiger partial charge in [0.1, 0.15) is 5.75 Å². The maximum atomic E-state index is 12.7. The third-order valence-electron chi connectivity index (χ3n) is 5.75. The molecule has 0 bridgehead atoms. The number of hydrogen-bond donors (Lipinski definition) is 4. The molecule has 0 spiro atoms. The number of imidazole rings is 1. The molecule has 0 saturated heterocycles. The molecule has 2 aromatic carbocycles. The fraction of sp³-hybridized carbons (Fsp3) is 0.364. The van der Waals surface area contributed by atoms with E-state index in [0.29, 0.717) is 11.3 Å². The number of nitrogens with zero attached hydrogens (tertiary/aromatic N) is 1. The lowest BCUT2D eigenvalue weighted by atomic mass is 9.86. The van der Waals surface area contributed by atoms with Crippen LogP contribution in [0, 0.1) is 5.41 Å². The van der Waals surface area contributed by atoms with Gasteiger partial charge in [-0.25, -0.2) is 13.4 Å². The molecule has 10 heteroatoms. The lowest BCUT2D eigenvalue weighted by Crippen LogP contribution is -2.41. The molecule has 0 radical (unpaired) electrons. The molecule has 1 aliphatic rings. The van der Waals surface area contributed by atoms with Crippen LogP contribution in [-0.2, 0) is 9.84 Å². The predicted molar refractivity (Wildman–Crippen MR) is 117 cm³/mol. The Morgan fingerprint density at radius 3 is 2.44 bits per heavy atom. The van der Waals surface area contributed by atoms with Crippen molar-refractivity contribution in [1.82, 2.24) is 15.3 Å². The number of carbonyl (C=O) groups is 1. The second kappa shape index (κ2) is 8.53. The Labute approximate surface area is 185 Å². The van der Waals surface area contributed by atoms with Crippen molar-refractivity contribution in [3.8, 4) is 5.75 Å². The first-order valence-corrected chi connectivity index (χ1v) is 12.1. The van der Waals surface area contributed by atoms with Gasteiger partial charge < -0.3 is 25.3 Å². The smallest absolute Gasteiger partial charge is 0.287 e. The number of benzene rings is 2. The molecule has 3 aromatic rings. The largest absolute Gasteiger partial charge is 0.493 e. The second-order valence-electron chi connectivity index (χ2n) is 8.36. The van der Waals surface area contributed by atoms with Crippen molar-refractivity contribution in [2.24, 2.45) is 5.41 Å². The van der Waals surface area contributed by atoms with Crippen molar-refractivity contribution in [3.63, 3.8) is 0 Å². The molecule has 4 N–H and O–H groups in total. The van der Waals surface area contributed by atoms with Crippen molar-refractivity contribution in [1.29, 1.82) is 0 Å². The summed E-state index contributed by atoms with van der Waals surface area (Å²) in [6.07, 6.45) is -0.223. The quantitative estimate of drug-likeness (QED) is 0.417. The van der Waals surface area contributed by atoms with E-state index < -0.39 is 33.4 Å². The summed E-state index contributed by atoms with van der Waals surface area (Å²) in [5, 5.41) is 23.1. The number of ether oxygens (including phenoxy) is 1. The number of amides is 1. The predicted octanol–water partition coefficient (Wildman–Crippen LogP) is 1.28. The van der Waals surface area contributed by atoms with Crippen molar-refractivity contribution in [2.45, 2.75) is 29.9 Å². The van der Waals surface area contributed by atoms with Gasteiger partial charge in [0, 0.05) is 18.2 Å². The number of sulfone groups is 1. The van der Waals surface area contributed by atoms with Crippen LogP contribution in [0.25, 0.3) is 11.0 Å². The number of aliphatic hydroxyl groups excluding tert-OH is 2. The number of hydrogen-bond acceptors (Lipinski definition) is 7. The van der Waals surface area contributed by atoms with Gasteiger partial charge in [-0.1, -0.05) is 12.1 Å². The zero-order valence-electron chi connectivity index (χ0n) is 17.5. The van der Waals surface area contributed by atoms with Crippen LogP contribution in [0.2, 0.25) is 0 Å². The normalized spacial score (nSPS) is 23.3. The Bertz CT molecular complexity index is 1180. The number of aromatic nitrogens is 2. The molecule has 1 aromatic heterocycles. The third-order valence-corrected chi connectivity index (χ3v) is 6.88. The van der Waals surface area contributed by atoms with E-state index in [1.54, 1.807) is 18.2 Å². The van der Waals surface area contributed by atoms with E-state index in [1.807, 2.05) is 18.2 Å². The number of carbonyl (C=O) groups excluding carboxylic acids is 1. The van der Waals surface area contributed by atoms with Crippen LogP contribution in [-0.4, -0.2) is 66.1 Å². The number of fused-ring (bicyclic) bond motifs is 1. The first-order chi connectivity index (χ1) is 15.2. The highest BCUT2D eigenvalue weighted by atomic mass is 32.2. The number of H-pyrrole nitrogens is 1. The maximum absolute atomic E-state index is 12.7. The van der Waals surface area contributed by atoms with Gasteiger partial charge in [0.15, 0.2) is 15.7 Å². The van der Waals surface area contributed by atoms with Crippen molar-refractivity contribution >= 4 is 26.8 Å². The van der Waals surface area contributed by atoms with Crippen molar-refractivity contribution in [3.05, 3.63) is 54.4 Å². The van der Waals surface area contributed by atoms with Gasteiger partial charge >= 0.3 is 0 Å². The van der Waals surface area contributed by atoms with Crippen LogP contribution in [0.4, 0.5) is 0 Å². The molecule has 2 unspecified atom stereocenters. The molecular weight excluding hydrogens is 434 g/mol. The summed E-state index contributed by atoms with van der Waals surface area (Å²) in [5.41, 5.74) is 0.732. The molecule has 4 rings (SSSR count). The molecular formula is C22H25N3O6S. The topological polar surface area (TPSA) is 142 Å². The van der Waals surface area contributed by atoms with Crippen molar-refractivity contribution < 1.29 is 28.2 Å². The minimum Gasteiger partial charge on any atom is -0.493 e. The van der Waals surface area contributed by atoms with Gasteiger partial charge in [-0.2, -0.15) is 0 Å². The van der Waals surface area contributed by atoms with Crippen LogP contribution in [0.5, 0.6) is 5.75 Å². The van der Waals surface area contributed by atoms with Crippen molar-refractivity contribution in [2.75, 3.05) is 19.4 Å². The van der Waals surface area contributed by atoms with Gasteiger partial charge in [-0.05, 0) is 49.2 Å². The average molecular weight is 460 g/mol. The Morgan fingerprint density at radius 2 is 1.81 bits per heavy atom. The summed E-state index contributed by atoms with van der Waals surface area (Å²) < 4.78 is 29.1. The number of para-hydroxylation sites is 2. The Balaban J connectivity index is 1.45. The fourth-order valence-corrected chi connectivity index (χ4v) is 4.62. The molecule has 1 amide bonds. The molecule has 1 aliphatic carbocycles. The fourth-order valence-electron chi connectivity index (χ4n) is 3.99. The second-order valence-corrected chi connectivity index (χ2v) is 10.4. The monoisotopic (exact) mass is 459 g/mol. The molecule has 9 nitrogen and oxygen atoms in total. The molecule has 32 heavy (non-hydrogen) atoms. The standard InChI is InChI=1S/C22H25N3O6S/c1-32(29,30)15-8-6-14(7-9-15)31-13-22(10-18(26)19(27)11-22)12-23-21(28)20-24-16-4-2-3-5-17(16)25-20/h2-9,18-19,26-27H,10-13H2,1H3,(H,23,28)(H,24,25). The van der Waals surface area contributed by atoms with E-state index in [4.69, 9.17) is 4.74 Å². The molecule has 1 heterocycles. The molecule has 0 aliphatic heterocycles. The van der Waals surface area contributed by atoms with Crippen LogP contribution in [0.15, 0.2) is 53.4 Å². The Morgan fingerprint density at radius 1 is 1.16 bits per heavy atom. The lowest BCUT2D eigenvalue weighted by Gasteiger charge is -2.29. The number of nitrogens with one attached hydrogen (secondary N) is 2. The van der Waals surface area contributed by atoms with Gasteiger partial charge in [-0.15, -0.1) is 0 Å². The summed E-state index contributed by atoms with van der Waals surface area (Å²) >= 11 is 0. The van der Waals surface area contributed by atoms with Gasteiger partial charge in [0.2, 0.25) is 0 Å². The Hall–Kier alpha value is -2.95. The SMILES string of the molecule is CS(=O)(=O)c1ccc(OCC2(CNC(=O)c3nc4ccccc4[nH]3)CC(O)C(O)C2)cc1. The third kappa shape index (κ3) is 4.77. The number of aromatic amines is 1. The molecule has 170 valence electrons. The van der Waals surface area contributed by atoms with Crippen LogP contribution < -0.4 is 10.1 Å². The maximum Gasteiger partial charge on any atom is 0.287 e. The zero-order chi connectivity index (χ0) is 22.9. The number of aliphatic hydroxyl groups is 2. The summed E-state index contributed by atoms with van der Waals surface area (Å²) in [6, 6.07) is 13.3.